The second kappa shape index (κ2) is 10.4. The van der Waals surface area contributed by atoms with Gasteiger partial charge in [0.15, 0.2) is 5.96 Å². The Balaban J connectivity index is 1.50. The summed E-state index contributed by atoms with van der Waals surface area (Å²) in [6.07, 6.45) is 2.57. The number of likely N-dealkylation sites (tertiary alicyclic amines) is 1. The lowest BCUT2D eigenvalue weighted by molar-refractivity contribution is -0.128. The van der Waals surface area contributed by atoms with E-state index in [4.69, 9.17) is 4.99 Å². The van der Waals surface area contributed by atoms with Crippen LogP contribution in [0.15, 0.2) is 29.3 Å². The first-order valence-electron chi connectivity index (χ1n) is 10.4. The molecule has 0 spiro atoms. The number of amides is 1. The highest BCUT2D eigenvalue weighted by Gasteiger charge is 2.19. The number of rotatable bonds is 8. The molecule has 1 aliphatic rings. The number of thiazole rings is 1. The molecule has 0 atom stereocenters. The average molecular weight is 414 g/mol. The zero-order chi connectivity index (χ0) is 20.6. The molecule has 0 saturated carbocycles. The number of guanidine groups is 1. The first-order chi connectivity index (χ1) is 14.0. The first kappa shape index (κ1) is 21.3. The Morgan fingerprint density at radius 1 is 1.21 bits per heavy atom. The minimum atomic E-state index is 0.267. The van der Waals surface area contributed by atoms with E-state index in [2.05, 4.69) is 60.7 Å². The summed E-state index contributed by atoms with van der Waals surface area (Å²) < 4.78 is 0. The summed E-state index contributed by atoms with van der Waals surface area (Å²) in [4.78, 5) is 24.3. The van der Waals surface area contributed by atoms with Crippen LogP contribution in [0, 0.1) is 13.8 Å². The van der Waals surface area contributed by atoms with E-state index in [0.717, 1.165) is 54.7 Å². The molecule has 1 amide bonds. The van der Waals surface area contributed by atoms with Crippen molar-refractivity contribution in [3.63, 3.8) is 0 Å². The summed E-state index contributed by atoms with van der Waals surface area (Å²) in [5.74, 6) is 1.09. The number of hydrogen-bond acceptors (Lipinski definition) is 4. The molecule has 7 heteroatoms. The van der Waals surface area contributed by atoms with E-state index < -0.39 is 0 Å². The van der Waals surface area contributed by atoms with Crippen LogP contribution in [0.25, 0.3) is 0 Å². The van der Waals surface area contributed by atoms with Crippen molar-refractivity contribution < 1.29 is 4.79 Å². The van der Waals surface area contributed by atoms with E-state index in [-0.39, 0.29) is 5.91 Å². The topological polar surface area (TPSA) is 69.6 Å². The van der Waals surface area contributed by atoms with Crippen LogP contribution in [0.1, 0.15) is 46.5 Å². The van der Waals surface area contributed by atoms with Crippen LogP contribution in [0.5, 0.6) is 0 Å². The van der Waals surface area contributed by atoms with Gasteiger partial charge >= 0.3 is 0 Å². The van der Waals surface area contributed by atoms with E-state index >= 15 is 0 Å². The van der Waals surface area contributed by atoms with E-state index in [0.29, 0.717) is 19.5 Å². The van der Waals surface area contributed by atoms with Gasteiger partial charge in [0.2, 0.25) is 5.91 Å². The van der Waals surface area contributed by atoms with Gasteiger partial charge in [0.05, 0.1) is 17.2 Å². The largest absolute Gasteiger partial charge is 0.357 e. The SMILES string of the molecule is CCNC(=NCc1ccc(CN2CCCC2=O)cc1)NCCc1nc(C)c(C)s1. The van der Waals surface area contributed by atoms with Gasteiger partial charge in [-0.3, -0.25) is 4.79 Å². The summed E-state index contributed by atoms with van der Waals surface area (Å²) in [6.45, 7) is 10.1. The van der Waals surface area contributed by atoms with Gasteiger partial charge in [-0.05, 0) is 38.3 Å². The zero-order valence-corrected chi connectivity index (χ0v) is 18.4. The summed E-state index contributed by atoms with van der Waals surface area (Å²) >= 11 is 1.77. The van der Waals surface area contributed by atoms with Crippen molar-refractivity contribution >= 4 is 23.2 Å². The fraction of sp³-hybridized carbons (Fsp3) is 0.500. The third kappa shape index (κ3) is 6.29. The molecular formula is C22H31N5OS. The zero-order valence-electron chi connectivity index (χ0n) is 17.6. The van der Waals surface area contributed by atoms with Crippen LogP contribution in [0.4, 0.5) is 0 Å². The second-order valence-corrected chi connectivity index (χ2v) is 8.64. The Kier molecular flexibility index (Phi) is 7.63. The number of benzene rings is 1. The predicted molar refractivity (Wildman–Crippen MR) is 119 cm³/mol. The second-order valence-electron chi connectivity index (χ2n) is 7.36. The third-order valence-corrected chi connectivity index (χ3v) is 6.17. The van der Waals surface area contributed by atoms with Gasteiger partial charge in [-0.1, -0.05) is 24.3 Å². The highest BCUT2D eigenvalue weighted by molar-refractivity contribution is 7.11. The third-order valence-electron chi connectivity index (χ3n) is 5.04. The van der Waals surface area contributed by atoms with Gasteiger partial charge < -0.3 is 15.5 Å². The van der Waals surface area contributed by atoms with Gasteiger partial charge in [-0.2, -0.15) is 0 Å². The first-order valence-corrected chi connectivity index (χ1v) is 11.2. The summed E-state index contributed by atoms with van der Waals surface area (Å²) in [7, 11) is 0. The monoisotopic (exact) mass is 413 g/mol. The molecule has 1 aromatic carbocycles. The van der Waals surface area contributed by atoms with Crippen LogP contribution in [0.2, 0.25) is 0 Å². The molecule has 6 nitrogen and oxygen atoms in total. The number of carbonyl (C=O) groups is 1. The number of aryl methyl sites for hydroxylation is 2. The maximum absolute atomic E-state index is 11.8. The molecule has 29 heavy (non-hydrogen) atoms. The molecule has 156 valence electrons. The molecular weight excluding hydrogens is 382 g/mol. The van der Waals surface area contributed by atoms with Crippen molar-refractivity contribution in [1.29, 1.82) is 0 Å². The highest BCUT2D eigenvalue weighted by atomic mass is 32.1. The van der Waals surface area contributed by atoms with E-state index in [9.17, 15) is 4.79 Å². The fourth-order valence-electron chi connectivity index (χ4n) is 3.29. The van der Waals surface area contributed by atoms with Gasteiger partial charge in [0.1, 0.15) is 0 Å². The van der Waals surface area contributed by atoms with Crippen molar-refractivity contribution in [2.24, 2.45) is 4.99 Å². The molecule has 3 rings (SSSR count). The molecule has 2 heterocycles. The normalized spacial score (nSPS) is 14.5. The number of carbonyl (C=O) groups excluding carboxylic acids is 1. The van der Waals surface area contributed by atoms with Gasteiger partial charge in [-0.15, -0.1) is 11.3 Å². The Morgan fingerprint density at radius 2 is 1.97 bits per heavy atom. The Morgan fingerprint density at radius 3 is 2.59 bits per heavy atom. The highest BCUT2D eigenvalue weighted by Crippen LogP contribution is 2.17. The molecule has 1 aliphatic heterocycles. The molecule has 0 radical (unpaired) electrons. The van der Waals surface area contributed by atoms with Crippen molar-refractivity contribution in [3.05, 3.63) is 51.0 Å². The molecule has 0 unspecified atom stereocenters. The Labute approximate surface area is 177 Å². The molecule has 2 N–H and O–H groups in total. The Hall–Kier alpha value is -2.41. The maximum Gasteiger partial charge on any atom is 0.222 e. The van der Waals surface area contributed by atoms with Crippen LogP contribution in [-0.2, 0) is 24.3 Å². The van der Waals surface area contributed by atoms with Crippen LogP contribution in [-0.4, -0.2) is 41.4 Å². The summed E-state index contributed by atoms with van der Waals surface area (Å²) in [6, 6.07) is 8.40. The van der Waals surface area contributed by atoms with Crippen LogP contribution < -0.4 is 10.6 Å². The molecule has 1 aromatic heterocycles. The van der Waals surface area contributed by atoms with E-state index in [1.807, 2.05) is 4.90 Å². The van der Waals surface area contributed by atoms with Crippen molar-refractivity contribution in [1.82, 2.24) is 20.5 Å². The molecule has 2 aromatic rings. The number of aliphatic imine (C=N–C) groups is 1. The van der Waals surface area contributed by atoms with E-state index in [1.165, 1.54) is 10.4 Å². The lowest BCUT2D eigenvalue weighted by Gasteiger charge is -2.15. The summed E-state index contributed by atoms with van der Waals surface area (Å²) in [5, 5.41) is 7.85. The minimum absolute atomic E-state index is 0.267. The maximum atomic E-state index is 11.8. The summed E-state index contributed by atoms with van der Waals surface area (Å²) in [5.41, 5.74) is 3.46. The number of hydrogen-bond donors (Lipinski definition) is 2. The fourth-order valence-corrected chi connectivity index (χ4v) is 4.22. The van der Waals surface area contributed by atoms with E-state index in [1.54, 1.807) is 11.3 Å². The van der Waals surface area contributed by atoms with Crippen molar-refractivity contribution in [3.8, 4) is 0 Å². The number of nitrogens with zero attached hydrogens (tertiary/aromatic N) is 3. The van der Waals surface area contributed by atoms with Gasteiger partial charge in [0, 0.05) is 43.9 Å². The molecule has 0 bridgehead atoms. The quantitative estimate of drug-likeness (QED) is 0.515. The Bertz CT molecular complexity index is 824. The molecule has 0 aliphatic carbocycles. The number of aromatic nitrogens is 1. The lowest BCUT2D eigenvalue weighted by atomic mass is 10.1. The van der Waals surface area contributed by atoms with Crippen LogP contribution in [0.3, 0.4) is 0 Å². The van der Waals surface area contributed by atoms with Crippen molar-refractivity contribution in [2.45, 2.75) is 53.1 Å². The number of nitrogens with one attached hydrogen (secondary N) is 2. The van der Waals surface area contributed by atoms with Crippen molar-refractivity contribution in [2.75, 3.05) is 19.6 Å². The minimum Gasteiger partial charge on any atom is -0.357 e. The molecule has 1 saturated heterocycles. The molecule has 1 fully saturated rings. The van der Waals surface area contributed by atoms with Crippen LogP contribution >= 0.6 is 11.3 Å². The smallest absolute Gasteiger partial charge is 0.222 e. The lowest BCUT2D eigenvalue weighted by Crippen LogP contribution is -2.38. The van der Waals surface area contributed by atoms with Gasteiger partial charge in [0.25, 0.3) is 0 Å². The predicted octanol–water partition coefficient (Wildman–Crippen LogP) is 3.18. The standard InChI is InChI=1S/C22H31N5OS/c1-4-23-22(24-12-11-20-26-16(2)17(3)29-20)25-14-18-7-9-19(10-8-18)15-27-13-5-6-21(27)28/h7-10H,4-6,11-15H2,1-3H3,(H2,23,24,25). The van der Waals surface area contributed by atoms with Gasteiger partial charge in [-0.25, -0.2) is 9.98 Å². The average Bonchev–Trinajstić information content (AvgIpc) is 3.25.